The van der Waals surface area contributed by atoms with Crippen LogP contribution in [0.3, 0.4) is 0 Å². The van der Waals surface area contributed by atoms with Gasteiger partial charge in [-0.15, -0.1) is 0 Å². The van der Waals surface area contributed by atoms with Crippen LogP contribution in [0.15, 0.2) is 61.2 Å². The molecule has 0 aliphatic rings. The molecule has 0 saturated heterocycles. The molecule has 0 N–H and O–H groups in total. The third-order valence-corrected chi connectivity index (χ3v) is 13.7. The molecule has 0 aliphatic heterocycles. The molecule has 2 unspecified atom stereocenters. The Morgan fingerprint density at radius 3 is 1.47 bits per heavy atom. The molecule has 0 radical (unpaired) electrons. The molecule has 0 spiro atoms. The molecular weight excluding hydrogens is 558 g/mol. The van der Waals surface area contributed by atoms with Gasteiger partial charge in [-0.25, -0.2) is 0 Å². The SMILES string of the molecule is Fc1ccc(C(Cn2ccnn2)[Se][Se]C(Cn2ccnn2)c2ccc(F)cc2F)c(F)c1. The minimum atomic E-state index is -0.652. The van der Waals surface area contributed by atoms with Gasteiger partial charge in [0.2, 0.25) is 0 Å². The molecule has 166 valence electrons. The molecule has 0 fully saturated rings. The maximum atomic E-state index is 14.6. The standard InChI is InChI=1S/C20H16F4N6Se2/c21-13-1-3-15(17(23)9-13)19(11-29-7-5-25-27-29)31-32-20(12-30-8-6-26-28-30)16-4-2-14(22)10-18(16)24/h1-10,19-20H,11-12H2. The van der Waals surface area contributed by atoms with Crippen LogP contribution in [0.1, 0.15) is 20.8 Å². The molecule has 2 atom stereocenters. The molecule has 2 aromatic carbocycles. The zero-order chi connectivity index (χ0) is 22.5. The Morgan fingerprint density at radius 1 is 0.688 bits per heavy atom. The van der Waals surface area contributed by atoms with Gasteiger partial charge >= 0.3 is 192 Å². The number of hydrogen-bond acceptors (Lipinski definition) is 4. The summed E-state index contributed by atoms with van der Waals surface area (Å²) < 4.78 is 59.3. The summed E-state index contributed by atoms with van der Waals surface area (Å²) in [6.45, 7) is 0.707. The third kappa shape index (κ3) is 5.63. The van der Waals surface area contributed by atoms with Gasteiger partial charge in [0.05, 0.1) is 0 Å². The van der Waals surface area contributed by atoms with Crippen molar-refractivity contribution >= 4 is 26.3 Å². The number of rotatable bonds is 9. The van der Waals surface area contributed by atoms with E-state index in [1.807, 2.05) is 0 Å². The fraction of sp³-hybridized carbons (Fsp3) is 0.200. The number of benzene rings is 2. The third-order valence-electron chi connectivity index (χ3n) is 4.56. The molecule has 4 rings (SSSR count). The van der Waals surface area contributed by atoms with Gasteiger partial charge in [0.25, 0.3) is 0 Å². The first-order chi connectivity index (χ1) is 15.5. The second-order valence-corrected chi connectivity index (χ2v) is 14.1. The molecule has 6 nitrogen and oxygen atoms in total. The fourth-order valence-corrected chi connectivity index (χ4v) is 12.2. The number of nitrogens with zero attached hydrogens (tertiary/aromatic N) is 6. The van der Waals surface area contributed by atoms with E-state index in [2.05, 4.69) is 20.6 Å². The van der Waals surface area contributed by atoms with E-state index in [0.717, 1.165) is 12.1 Å². The van der Waals surface area contributed by atoms with E-state index in [-0.39, 0.29) is 35.9 Å². The van der Waals surface area contributed by atoms with Gasteiger partial charge in [0.1, 0.15) is 0 Å². The first-order valence-electron chi connectivity index (χ1n) is 9.40. The molecule has 32 heavy (non-hydrogen) atoms. The maximum absolute atomic E-state index is 14.6. The van der Waals surface area contributed by atoms with Crippen LogP contribution in [-0.4, -0.2) is 56.3 Å². The van der Waals surface area contributed by atoms with Crippen LogP contribution in [0, 0.1) is 23.3 Å². The molecule has 12 heteroatoms. The van der Waals surface area contributed by atoms with Crippen LogP contribution in [0.25, 0.3) is 0 Å². The van der Waals surface area contributed by atoms with E-state index in [0.29, 0.717) is 24.2 Å². The Bertz CT molecular complexity index is 1070. The van der Waals surface area contributed by atoms with E-state index < -0.39 is 23.3 Å². The number of hydrogen-bond donors (Lipinski definition) is 0. The van der Waals surface area contributed by atoms with Crippen LogP contribution in [0.2, 0.25) is 0 Å². The average molecular weight is 574 g/mol. The normalized spacial score (nSPS) is 13.2. The molecule has 0 saturated carbocycles. The van der Waals surface area contributed by atoms with Crippen molar-refractivity contribution in [1.29, 1.82) is 0 Å². The Kier molecular flexibility index (Phi) is 7.36. The molecule has 0 aliphatic carbocycles. The van der Waals surface area contributed by atoms with Gasteiger partial charge in [-0.3, -0.25) is 0 Å². The second-order valence-electron chi connectivity index (χ2n) is 6.75. The van der Waals surface area contributed by atoms with Crippen LogP contribution in [0.5, 0.6) is 0 Å². The monoisotopic (exact) mass is 576 g/mol. The van der Waals surface area contributed by atoms with Crippen molar-refractivity contribution in [3.63, 3.8) is 0 Å². The molecule has 0 bridgehead atoms. The van der Waals surface area contributed by atoms with Crippen molar-refractivity contribution < 1.29 is 17.6 Å². The molecular formula is C20H16F4N6Se2. The van der Waals surface area contributed by atoms with E-state index in [4.69, 9.17) is 0 Å². The summed E-state index contributed by atoms with van der Waals surface area (Å²) in [5.41, 5.74) is 0.755. The van der Waals surface area contributed by atoms with Gasteiger partial charge in [-0.1, -0.05) is 0 Å². The van der Waals surface area contributed by atoms with E-state index in [1.54, 1.807) is 21.8 Å². The summed E-state index contributed by atoms with van der Waals surface area (Å²) in [4.78, 5) is -0.571. The van der Waals surface area contributed by atoms with Gasteiger partial charge in [0.15, 0.2) is 0 Å². The van der Waals surface area contributed by atoms with Crippen molar-refractivity contribution in [2.75, 3.05) is 0 Å². The van der Waals surface area contributed by atoms with E-state index in [1.165, 1.54) is 36.7 Å². The molecule has 0 amide bonds. The number of aromatic nitrogens is 6. The van der Waals surface area contributed by atoms with Gasteiger partial charge in [-0.2, -0.15) is 0 Å². The summed E-state index contributed by atoms with van der Waals surface area (Å²) in [5, 5.41) is 15.5. The van der Waals surface area contributed by atoms with Crippen molar-refractivity contribution in [1.82, 2.24) is 30.0 Å². The minimum absolute atomic E-state index is 0.205. The van der Waals surface area contributed by atoms with Gasteiger partial charge in [0, 0.05) is 0 Å². The van der Waals surface area contributed by atoms with E-state index >= 15 is 0 Å². The summed E-state index contributed by atoms with van der Waals surface area (Å²) in [5.74, 6) is -2.57. The van der Waals surface area contributed by atoms with E-state index in [9.17, 15) is 17.6 Å². The van der Waals surface area contributed by atoms with Crippen LogP contribution < -0.4 is 0 Å². The first-order valence-corrected chi connectivity index (χ1v) is 15.7. The zero-order valence-electron chi connectivity index (χ0n) is 16.4. The molecule has 4 aromatic rings. The Morgan fingerprint density at radius 2 is 1.12 bits per heavy atom. The zero-order valence-corrected chi connectivity index (χ0v) is 19.8. The van der Waals surface area contributed by atoms with Crippen LogP contribution in [-0.2, 0) is 13.1 Å². The van der Waals surface area contributed by atoms with Gasteiger partial charge in [-0.05, 0) is 0 Å². The summed E-state index contributed by atoms with van der Waals surface area (Å²) in [6.07, 6.45) is 6.39. The average Bonchev–Trinajstić information content (AvgIpc) is 3.45. The van der Waals surface area contributed by atoms with Crippen LogP contribution in [0.4, 0.5) is 17.6 Å². The Hall–Kier alpha value is -2.52. The van der Waals surface area contributed by atoms with Crippen molar-refractivity contribution in [2.45, 2.75) is 22.7 Å². The topological polar surface area (TPSA) is 61.4 Å². The molecule has 2 aromatic heterocycles. The number of halogens is 4. The van der Waals surface area contributed by atoms with Crippen LogP contribution >= 0.6 is 0 Å². The summed E-state index contributed by atoms with van der Waals surface area (Å²) in [7, 11) is 0. The molecule has 2 heterocycles. The second kappa shape index (κ2) is 10.4. The predicted molar refractivity (Wildman–Crippen MR) is 110 cm³/mol. The summed E-state index contributed by atoms with van der Waals surface area (Å²) in [6, 6.07) is 7.05. The quantitative estimate of drug-likeness (QED) is 0.228. The predicted octanol–water partition coefficient (Wildman–Crippen LogP) is 2.93. The van der Waals surface area contributed by atoms with Gasteiger partial charge < -0.3 is 0 Å². The van der Waals surface area contributed by atoms with Crippen molar-refractivity contribution in [2.24, 2.45) is 0 Å². The van der Waals surface area contributed by atoms with Crippen molar-refractivity contribution in [3.8, 4) is 0 Å². The Balaban J connectivity index is 1.61. The van der Waals surface area contributed by atoms with Crippen molar-refractivity contribution in [3.05, 3.63) is 95.6 Å². The fourth-order valence-electron chi connectivity index (χ4n) is 3.02. The summed E-state index contributed by atoms with van der Waals surface area (Å²) >= 11 is -0.409. The Labute approximate surface area is 191 Å². The first kappa shape index (κ1) is 22.7.